The van der Waals surface area contributed by atoms with Crippen LogP contribution in [0.3, 0.4) is 0 Å². The van der Waals surface area contributed by atoms with E-state index in [1.54, 1.807) is 23.9 Å². The summed E-state index contributed by atoms with van der Waals surface area (Å²) >= 11 is 3.90. The van der Waals surface area contributed by atoms with Crippen LogP contribution in [0, 0.1) is 9.39 Å². The number of halogens is 2. The zero-order valence-corrected chi connectivity index (χ0v) is 15.0. The maximum absolute atomic E-state index is 12.9. The third-order valence-corrected chi connectivity index (χ3v) is 4.97. The van der Waals surface area contributed by atoms with Crippen LogP contribution in [0.4, 0.5) is 10.2 Å². The molecule has 0 amide bonds. The van der Waals surface area contributed by atoms with Crippen molar-refractivity contribution in [1.29, 1.82) is 0 Å². The fourth-order valence-corrected chi connectivity index (χ4v) is 3.37. The number of hydrogen-bond acceptors (Lipinski definition) is 4. The smallest absolute Gasteiger partial charge is 0.143 e. The molecule has 1 aromatic heterocycles. The molecule has 0 fully saturated rings. The number of nitrogens with zero attached hydrogens (tertiary/aromatic N) is 2. The lowest BCUT2D eigenvalue weighted by Gasteiger charge is -2.11. The van der Waals surface area contributed by atoms with Gasteiger partial charge in [0.25, 0.3) is 0 Å². The zero-order chi connectivity index (χ0) is 15.2. The van der Waals surface area contributed by atoms with E-state index in [1.807, 2.05) is 0 Å². The minimum atomic E-state index is -0.215. The number of benzene rings is 1. The van der Waals surface area contributed by atoms with E-state index in [2.05, 4.69) is 51.7 Å². The van der Waals surface area contributed by atoms with E-state index < -0.39 is 0 Å². The normalized spacial score (nSPS) is 10.7. The van der Waals surface area contributed by atoms with Crippen molar-refractivity contribution >= 4 is 40.2 Å². The van der Waals surface area contributed by atoms with Crippen LogP contribution in [-0.4, -0.2) is 16.5 Å². The average molecular weight is 417 g/mol. The van der Waals surface area contributed by atoms with E-state index in [9.17, 15) is 4.39 Å². The monoisotopic (exact) mass is 417 g/mol. The molecule has 3 nitrogen and oxygen atoms in total. The molecule has 2 rings (SSSR count). The summed E-state index contributed by atoms with van der Waals surface area (Å²) in [5, 5.41) is 3.28. The highest BCUT2D eigenvalue weighted by atomic mass is 127. The second kappa shape index (κ2) is 7.93. The Morgan fingerprint density at radius 2 is 1.90 bits per heavy atom. The Bertz CT molecular complexity index is 605. The maximum atomic E-state index is 12.9. The van der Waals surface area contributed by atoms with E-state index in [0.717, 1.165) is 38.8 Å². The highest BCUT2D eigenvalue weighted by molar-refractivity contribution is 14.1. The van der Waals surface area contributed by atoms with Gasteiger partial charge in [0.05, 0.1) is 15.0 Å². The van der Waals surface area contributed by atoms with Gasteiger partial charge in [-0.05, 0) is 60.2 Å². The van der Waals surface area contributed by atoms with Crippen LogP contribution < -0.4 is 5.32 Å². The van der Waals surface area contributed by atoms with Crippen molar-refractivity contribution in [2.75, 3.05) is 11.9 Å². The minimum absolute atomic E-state index is 0.215. The van der Waals surface area contributed by atoms with E-state index in [0.29, 0.717) is 5.75 Å². The summed E-state index contributed by atoms with van der Waals surface area (Å²) in [6.07, 6.45) is 0.882. The third-order valence-electron chi connectivity index (χ3n) is 2.83. The predicted molar refractivity (Wildman–Crippen MR) is 94.3 cm³/mol. The van der Waals surface area contributed by atoms with Crippen molar-refractivity contribution in [1.82, 2.24) is 9.97 Å². The van der Waals surface area contributed by atoms with Crippen molar-refractivity contribution in [3.8, 4) is 0 Å². The van der Waals surface area contributed by atoms with Crippen molar-refractivity contribution in [3.05, 3.63) is 45.2 Å². The highest BCUT2D eigenvalue weighted by Gasteiger charge is 2.10. The number of aromatic nitrogens is 2. The second-order valence-electron chi connectivity index (χ2n) is 4.38. The molecule has 0 spiro atoms. The molecule has 1 aromatic carbocycles. The number of hydrogen-bond donors (Lipinski definition) is 1. The van der Waals surface area contributed by atoms with Gasteiger partial charge in [0.15, 0.2) is 0 Å². The van der Waals surface area contributed by atoms with Crippen molar-refractivity contribution in [3.63, 3.8) is 0 Å². The first-order chi connectivity index (χ1) is 10.1. The quantitative estimate of drug-likeness (QED) is 0.555. The van der Waals surface area contributed by atoms with Gasteiger partial charge in [-0.25, -0.2) is 14.4 Å². The third kappa shape index (κ3) is 4.54. The predicted octanol–water partition coefficient (Wildman–Crippen LogP) is 4.51. The molecule has 21 heavy (non-hydrogen) atoms. The lowest BCUT2D eigenvalue weighted by molar-refractivity contribution is 0.626. The number of nitrogens with one attached hydrogen (secondary N) is 1. The summed E-state index contributed by atoms with van der Waals surface area (Å²) in [5.41, 5.74) is 1.07. The Hall–Kier alpha value is -0.890. The minimum Gasteiger partial charge on any atom is -0.369 e. The topological polar surface area (TPSA) is 37.8 Å². The average Bonchev–Trinajstić information content (AvgIpc) is 2.49. The van der Waals surface area contributed by atoms with E-state index in [1.165, 1.54) is 12.1 Å². The van der Waals surface area contributed by atoms with Crippen LogP contribution >= 0.6 is 34.4 Å². The first-order valence-corrected chi connectivity index (χ1v) is 8.88. The van der Waals surface area contributed by atoms with Crippen LogP contribution in [0.5, 0.6) is 0 Å². The number of aryl methyl sites for hydroxylation is 1. The van der Waals surface area contributed by atoms with Gasteiger partial charge in [-0.3, -0.25) is 0 Å². The molecule has 1 heterocycles. The summed E-state index contributed by atoms with van der Waals surface area (Å²) in [7, 11) is 0. The first kappa shape index (κ1) is 16.5. The van der Waals surface area contributed by atoms with Crippen LogP contribution in [-0.2, 0) is 12.2 Å². The Kier molecular flexibility index (Phi) is 6.22. The summed E-state index contributed by atoms with van der Waals surface area (Å²) < 4.78 is 14.0. The summed E-state index contributed by atoms with van der Waals surface area (Å²) in [5.74, 6) is 2.17. The van der Waals surface area contributed by atoms with E-state index in [4.69, 9.17) is 0 Å². The Balaban J connectivity index is 2.15. The molecule has 6 heteroatoms. The number of thioether (sulfide) groups is 1. The van der Waals surface area contributed by atoms with Crippen molar-refractivity contribution < 1.29 is 4.39 Å². The number of anilines is 1. The van der Waals surface area contributed by atoms with Crippen LogP contribution in [0.25, 0.3) is 0 Å². The van der Waals surface area contributed by atoms with E-state index in [-0.39, 0.29) is 5.82 Å². The Morgan fingerprint density at radius 1 is 1.19 bits per heavy atom. The van der Waals surface area contributed by atoms with Gasteiger partial charge in [0, 0.05) is 11.4 Å². The van der Waals surface area contributed by atoms with Crippen molar-refractivity contribution in [2.24, 2.45) is 0 Å². The molecule has 0 aliphatic heterocycles. The Labute approximate surface area is 142 Å². The van der Waals surface area contributed by atoms with Gasteiger partial charge in [0.1, 0.15) is 17.5 Å². The molecule has 0 bridgehead atoms. The first-order valence-electron chi connectivity index (χ1n) is 6.81. The molecule has 0 aliphatic carbocycles. The summed E-state index contributed by atoms with van der Waals surface area (Å²) in [6.45, 7) is 4.98. The van der Waals surface area contributed by atoms with Gasteiger partial charge in [-0.2, -0.15) is 0 Å². The molecule has 1 N–H and O–H groups in total. The molecule has 0 saturated heterocycles. The molecule has 2 aromatic rings. The fraction of sp³-hybridized carbons (Fsp3) is 0.333. The summed E-state index contributed by atoms with van der Waals surface area (Å²) in [4.78, 5) is 10.2. The highest BCUT2D eigenvalue weighted by Crippen LogP contribution is 2.25. The van der Waals surface area contributed by atoms with Crippen LogP contribution in [0.1, 0.15) is 25.4 Å². The zero-order valence-electron chi connectivity index (χ0n) is 12.0. The van der Waals surface area contributed by atoms with Gasteiger partial charge in [0.2, 0.25) is 0 Å². The molecule has 0 atom stereocenters. The molecule has 112 valence electrons. The molecule has 0 unspecified atom stereocenters. The molecule has 0 aliphatic rings. The SMILES string of the molecule is CCNc1nc(CSc2ccc(F)cc2)nc(CC)c1I. The van der Waals surface area contributed by atoms with Crippen LogP contribution in [0.2, 0.25) is 0 Å². The van der Waals surface area contributed by atoms with Crippen molar-refractivity contribution in [2.45, 2.75) is 30.9 Å². The van der Waals surface area contributed by atoms with Gasteiger partial charge < -0.3 is 5.32 Å². The Morgan fingerprint density at radius 3 is 2.52 bits per heavy atom. The molecular formula is C15H17FIN3S. The maximum Gasteiger partial charge on any atom is 0.143 e. The summed E-state index contributed by atoms with van der Waals surface area (Å²) in [6, 6.07) is 6.49. The largest absolute Gasteiger partial charge is 0.369 e. The molecular weight excluding hydrogens is 400 g/mol. The van der Waals surface area contributed by atoms with E-state index >= 15 is 0 Å². The standard InChI is InChI=1S/C15H17FIN3S/c1-3-12-14(17)15(18-4-2)20-13(19-12)9-21-11-7-5-10(16)6-8-11/h5-8H,3-4,9H2,1-2H3,(H,18,19,20). The molecule has 0 saturated carbocycles. The lowest BCUT2D eigenvalue weighted by Crippen LogP contribution is -2.09. The van der Waals surface area contributed by atoms with Gasteiger partial charge in [-0.1, -0.05) is 6.92 Å². The number of rotatable bonds is 6. The second-order valence-corrected chi connectivity index (χ2v) is 6.50. The molecule has 0 radical (unpaired) electrons. The van der Waals surface area contributed by atoms with Gasteiger partial charge in [-0.15, -0.1) is 11.8 Å². The fourth-order valence-electron chi connectivity index (χ4n) is 1.81. The lowest BCUT2D eigenvalue weighted by atomic mass is 10.3. The van der Waals surface area contributed by atoms with Gasteiger partial charge >= 0.3 is 0 Å². The van der Waals surface area contributed by atoms with Crippen LogP contribution in [0.15, 0.2) is 29.2 Å².